The lowest BCUT2D eigenvalue weighted by atomic mass is 10.4. The minimum absolute atomic E-state index is 0.000462. The molecule has 0 saturated carbocycles. The molecule has 0 saturated heterocycles. The van der Waals surface area contributed by atoms with Crippen LogP contribution in [0.2, 0.25) is 0 Å². The Hall–Kier alpha value is -0.860. The quantitative estimate of drug-likeness (QED) is 0.807. The van der Waals surface area contributed by atoms with Crippen LogP contribution in [-0.2, 0) is 17.1 Å². The van der Waals surface area contributed by atoms with Crippen molar-refractivity contribution in [1.29, 1.82) is 0 Å². The molecule has 1 aromatic heterocycles. The molecule has 90 valence electrons. The van der Waals surface area contributed by atoms with Crippen LogP contribution in [0.5, 0.6) is 0 Å². The van der Waals surface area contributed by atoms with Gasteiger partial charge in [0, 0.05) is 24.3 Å². The number of carbonyl (C=O) groups excluding carboxylic acids is 1. The second-order valence-electron chi connectivity index (χ2n) is 3.28. The summed E-state index contributed by atoms with van der Waals surface area (Å²) in [7, 11) is -1.82. The van der Waals surface area contributed by atoms with E-state index in [9.17, 15) is 13.2 Å². The van der Waals surface area contributed by atoms with Crippen LogP contribution in [0, 0.1) is 0 Å². The molecule has 16 heavy (non-hydrogen) atoms. The Bertz CT molecular complexity index is 495. The molecular weight excluding hydrogens is 298 g/mol. The number of carbonyl (C=O) groups is 1. The van der Waals surface area contributed by atoms with Crippen molar-refractivity contribution in [1.82, 2.24) is 9.88 Å². The lowest BCUT2D eigenvalue weighted by molar-refractivity contribution is 0.0948. The lowest BCUT2D eigenvalue weighted by Gasteiger charge is -2.04. The van der Waals surface area contributed by atoms with E-state index in [0.29, 0.717) is 5.69 Å². The van der Waals surface area contributed by atoms with Crippen molar-refractivity contribution in [2.45, 2.75) is 0 Å². The van der Waals surface area contributed by atoms with E-state index in [1.54, 1.807) is 23.9 Å². The van der Waals surface area contributed by atoms with Gasteiger partial charge in [0.1, 0.15) is 5.69 Å². The van der Waals surface area contributed by atoms with E-state index in [1.807, 2.05) is 0 Å². The number of rotatable bonds is 4. The number of hydrogen-bond acceptors (Lipinski definition) is 3. The first-order valence-electron chi connectivity index (χ1n) is 4.40. The maximum atomic E-state index is 11.6. The molecule has 0 aliphatic carbocycles. The second kappa shape index (κ2) is 4.98. The normalized spacial score (nSPS) is 11.4. The molecule has 8 heteroatoms. The first-order chi connectivity index (χ1) is 7.29. The summed E-state index contributed by atoms with van der Waals surface area (Å²) in [6, 6.07) is 1.65. The summed E-state index contributed by atoms with van der Waals surface area (Å²) in [4.78, 5) is 11.6. The molecule has 0 aromatic carbocycles. The predicted molar refractivity (Wildman–Crippen MR) is 63.4 cm³/mol. The van der Waals surface area contributed by atoms with Gasteiger partial charge in [-0.25, -0.2) is 13.6 Å². The van der Waals surface area contributed by atoms with Gasteiger partial charge in [-0.05, 0) is 22.0 Å². The number of aryl methyl sites for hydroxylation is 1. The van der Waals surface area contributed by atoms with Crippen LogP contribution in [0.25, 0.3) is 0 Å². The van der Waals surface area contributed by atoms with Crippen LogP contribution < -0.4 is 10.5 Å². The molecular formula is C8H12BrN3O3S. The number of sulfonamides is 1. The third kappa shape index (κ3) is 3.95. The van der Waals surface area contributed by atoms with Gasteiger partial charge in [0.05, 0.1) is 5.75 Å². The minimum Gasteiger partial charge on any atom is -0.350 e. The van der Waals surface area contributed by atoms with E-state index < -0.39 is 10.0 Å². The van der Waals surface area contributed by atoms with Gasteiger partial charge in [-0.2, -0.15) is 0 Å². The van der Waals surface area contributed by atoms with Crippen molar-refractivity contribution in [2.24, 2.45) is 12.2 Å². The number of halogens is 1. The first kappa shape index (κ1) is 13.2. The number of amides is 1. The molecule has 0 aliphatic rings. The first-order valence-corrected chi connectivity index (χ1v) is 6.91. The van der Waals surface area contributed by atoms with Crippen LogP contribution in [-0.4, -0.2) is 31.2 Å². The van der Waals surface area contributed by atoms with Gasteiger partial charge in [0.2, 0.25) is 10.0 Å². The van der Waals surface area contributed by atoms with Gasteiger partial charge in [-0.3, -0.25) is 4.79 Å². The predicted octanol–water partition coefficient (Wildman–Crippen LogP) is -0.194. The highest BCUT2D eigenvalue weighted by Gasteiger charge is 2.11. The van der Waals surface area contributed by atoms with Gasteiger partial charge < -0.3 is 9.88 Å². The number of primary sulfonamides is 1. The van der Waals surface area contributed by atoms with E-state index in [2.05, 4.69) is 21.2 Å². The molecule has 6 nitrogen and oxygen atoms in total. The zero-order chi connectivity index (χ0) is 12.3. The molecule has 0 spiro atoms. The van der Waals surface area contributed by atoms with Gasteiger partial charge >= 0.3 is 0 Å². The van der Waals surface area contributed by atoms with Crippen LogP contribution in [0.3, 0.4) is 0 Å². The largest absolute Gasteiger partial charge is 0.350 e. The fraction of sp³-hybridized carbons (Fsp3) is 0.375. The van der Waals surface area contributed by atoms with E-state index in [0.717, 1.165) is 4.47 Å². The Kier molecular flexibility index (Phi) is 4.11. The number of nitrogens with zero attached hydrogens (tertiary/aromatic N) is 1. The highest BCUT2D eigenvalue weighted by Crippen LogP contribution is 2.13. The average Bonchev–Trinajstić information content (AvgIpc) is 2.43. The van der Waals surface area contributed by atoms with E-state index >= 15 is 0 Å². The van der Waals surface area contributed by atoms with E-state index in [4.69, 9.17) is 5.14 Å². The summed E-state index contributed by atoms with van der Waals surface area (Å²) in [6.07, 6.45) is 1.73. The molecule has 1 heterocycles. The Morgan fingerprint density at radius 2 is 2.25 bits per heavy atom. The average molecular weight is 310 g/mol. The molecule has 0 atom stereocenters. The number of nitrogens with two attached hydrogens (primary N) is 1. The third-order valence-corrected chi connectivity index (χ3v) is 3.08. The fourth-order valence-electron chi connectivity index (χ4n) is 1.15. The summed E-state index contributed by atoms with van der Waals surface area (Å²) in [5.41, 5.74) is 0.446. The highest BCUT2D eigenvalue weighted by atomic mass is 79.9. The van der Waals surface area contributed by atoms with Crippen molar-refractivity contribution >= 4 is 31.9 Å². The molecule has 1 aromatic rings. The van der Waals surface area contributed by atoms with Gasteiger partial charge in [-0.1, -0.05) is 0 Å². The van der Waals surface area contributed by atoms with Gasteiger partial charge in [0.15, 0.2) is 0 Å². The van der Waals surface area contributed by atoms with Crippen molar-refractivity contribution in [3.8, 4) is 0 Å². The van der Waals surface area contributed by atoms with Crippen molar-refractivity contribution in [3.05, 3.63) is 22.4 Å². The number of aromatic nitrogens is 1. The Balaban J connectivity index is 2.57. The minimum atomic E-state index is -3.54. The number of hydrogen-bond donors (Lipinski definition) is 2. The fourth-order valence-corrected chi connectivity index (χ4v) is 2.06. The molecule has 1 amide bonds. The van der Waals surface area contributed by atoms with E-state index in [-0.39, 0.29) is 18.2 Å². The van der Waals surface area contributed by atoms with Crippen LogP contribution >= 0.6 is 15.9 Å². The molecule has 0 radical (unpaired) electrons. The Morgan fingerprint density at radius 1 is 1.62 bits per heavy atom. The summed E-state index contributed by atoms with van der Waals surface area (Å²) in [5, 5.41) is 7.27. The van der Waals surface area contributed by atoms with Crippen molar-refractivity contribution < 1.29 is 13.2 Å². The smallest absolute Gasteiger partial charge is 0.267 e. The zero-order valence-corrected chi connectivity index (χ0v) is 11.0. The summed E-state index contributed by atoms with van der Waals surface area (Å²) >= 11 is 3.23. The Labute approximate surface area is 102 Å². The standard InChI is InChI=1S/C8H12BrN3O3S/c1-12-5-6(9)4-7(12)8(13)11-2-3-16(10,14)15/h4-5H,2-3H2,1H3,(H,11,13)(H2,10,14,15). The highest BCUT2D eigenvalue weighted by molar-refractivity contribution is 9.10. The summed E-state index contributed by atoms with van der Waals surface area (Å²) < 4.78 is 23.7. The maximum absolute atomic E-state index is 11.6. The van der Waals surface area contributed by atoms with Gasteiger partial charge in [0.25, 0.3) is 5.91 Å². The maximum Gasteiger partial charge on any atom is 0.267 e. The topological polar surface area (TPSA) is 94.2 Å². The van der Waals surface area contributed by atoms with Crippen LogP contribution in [0.15, 0.2) is 16.7 Å². The second-order valence-corrected chi connectivity index (χ2v) is 5.93. The van der Waals surface area contributed by atoms with Crippen molar-refractivity contribution in [2.75, 3.05) is 12.3 Å². The molecule has 0 fully saturated rings. The lowest BCUT2D eigenvalue weighted by Crippen LogP contribution is -2.32. The number of nitrogens with one attached hydrogen (secondary N) is 1. The molecule has 0 unspecified atom stereocenters. The van der Waals surface area contributed by atoms with Crippen LogP contribution in [0.1, 0.15) is 10.5 Å². The SMILES string of the molecule is Cn1cc(Br)cc1C(=O)NCCS(N)(=O)=O. The van der Waals surface area contributed by atoms with Gasteiger partial charge in [-0.15, -0.1) is 0 Å². The summed E-state index contributed by atoms with van der Waals surface area (Å²) in [5.74, 6) is -0.610. The van der Waals surface area contributed by atoms with Crippen LogP contribution in [0.4, 0.5) is 0 Å². The summed E-state index contributed by atoms with van der Waals surface area (Å²) in [6.45, 7) is 0.000462. The third-order valence-electron chi connectivity index (χ3n) is 1.88. The Morgan fingerprint density at radius 3 is 2.69 bits per heavy atom. The molecule has 1 rings (SSSR count). The molecule has 3 N–H and O–H groups in total. The van der Waals surface area contributed by atoms with E-state index in [1.165, 1.54) is 0 Å². The van der Waals surface area contributed by atoms with Crippen molar-refractivity contribution in [3.63, 3.8) is 0 Å². The molecule has 0 aliphatic heterocycles. The molecule has 0 bridgehead atoms. The zero-order valence-electron chi connectivity index (χ0n) is 8.60. The monoisotopic (exact) mass is 309 g/mol.